The van der Waals surface area contributed by atoms with Crippen molar-refractivity contribution < 1.29 is 5.11 Å². The first kappa shape index (κ1) is 15.9. The summed E-state index contributed by atoms with van der Waals surface area (Å²) >= 11 is 0. The van der Waals surface area contributed by atoms with Gasteiger partial charge in [-0.3, -0.25) is 0 Å². The maximum Gasteiger partial charge on any atom is 0.0718 e. The van der Waals surface area contributed by atoms with Crippen LogP contribution in [-0.4, -0.2) is 35.7 Å². The van der Waals surface area contributed by atoms with Gasteiger partial charge in [0.2, 0.25) is 0 Å². The predicted molar refractivity (Wildman–Crippen MR) is 71.8 cm³/mol. The van der Waals surface area contributed by atoms with Crippen molar-refractivity contribution in [2.24, 2.45) is 0 Å². The Labute approximate surface area is 102 Å². The lowest BCUT2D eigenvalue weighted by atomic mass is 10.1. The van der Waals surface area contributed by atoms with Crippen LogP contribution in [0.5, 0.6) is 0 Å². The monoisotopic (exact) mass is 229 g/mol. The summed E-state index contributed by atoms with van der Waals surface area (Å²) in [5.74, 6) is 0. The molecule has 0 unspecified atom stereocenters. The van der Waals surface area contributed by atoms with Crippen molar-refractivity contribution in [1.82, 2.24) is 4.90 Å². The van der Waals surface area contributed by atoms with Crippen LogP contribution >= 0.6 is 0 Å². The van der Waals surface area contributed by atoms with E-state index in [2.05, 4.69) is 18.9 Å². The Kier molecular flexibility index (Phi) is 8.96. The van der Waals surface area contributed by atoms with Crippen LogP contribution in [0.15, 0.2) is 0 Å². The quantitative estimate of drug-likeness (QED) is 0.580. The highest BCUT2D eigenvalue weighted by atomic mass is 16.3. The van der Waals surface area contributed by atoms with E-state index in [1.807, 2.05) is 13.8 Å². The Morgan fingerprint density at radius 1 is 0.938 bits per heavy atom. The lowest BCUT2D eigenvalue weighted by Crippen LogP contribution is -2.36. The highest BCUT2D eigenvalue weighted by molar-refractivity contribution is 4.69. The van der Waals surface area contributed by atoms with Crippen LogP contribution in [0.1, 0.15) is 65.7 Å². The molecular weight excluding hydrogens is 198 g/mol. The molecule has 0 bridgehead atoms. The van der Waals surface area contributed by atoms with E-state index in [1.165, 1.54) is 44.9 Å². The molecule has 0 radical (unpaired) electrons. The van der Waals surface area contributed by atoms with Crippen molar-refractivity contribution in [3.63, 3.8) is 0 Å². The third-order valence-corrected chi connectivity index (χ3v) is 2.80. The Morgan fingerprint density at radius 2 is 1.44 bits per heavy atom. The molecule has 0 amide bonds. The van der Waals surface area contributed by atoms with Crippen LogP contribution in [0.2, 0.25) is 0 Å². The van der Waals surface area contributed by atoms with Gasteiger partial charge < -0.3 is 10.0 Å². The van der Waals surface area contributed by atoms with Crippen LogP contribution in [0.25, 0.3) is 0 Å². The summed E-state index contributed by atoms with van der Waals surface area (Å²) in [6.45, 7) is 7.87. The summed E-state index contributed by atoms with van der Waals surface area (Å²) in [4.78, 5) is 2.23. The van der Waals surface area contributed by atoms with Crippen LogP contribution in [0.4, 0.5) is 0 Å². The molecule has 0 aliphatic carbocycles. The molecule has 0 fully saturated rings. The van der Waals surface area contributed by atoms with E-state index >= 15 is 0 Å². The molecule has 2 heteroatoms. The van der Waals surface area contributed by atoms with E-state index in [-0.39, 0.29) is 0 Å². The van der Waals surface area contributed by atoms with Gasteiger partial charge in [-0.05, 0) is 33.9 Å². The van der Waals surface area contributed by atoms with Gasteiger partial charge in [0.25, 0.3) is 0 Å². The summed E-state index contributed by atoms with van der Waals surface area (Å²) in [5, 5.41) is 9.65. The first-order valence-electron chi connectivity index (χ1n) is 6.86. The van der Waals surface area contributed by atoms with Gasteiger partial charge in [0, 0.05) is 6.54 Å². The zero-order valence-corrected chi connectivity index (χ0v) is 11.8. The number of hydrogen-bond donors (Lipinski definition) is 1. The maximum atomic E-state index is 9.65. The fraction of sp³-hybridized carbons (Fsp3) is 1.00. The number of hydrogen-bond acceptors (Lipinski definition) is 2. The van der Waals surface area contributed by atoms with E-state index < -0.39 is 5.60 Å². The Hall–Kier alpha value is -0.0800. The summed E-state index contributed by atoms with van der Waals surface area (Å²) in [7, 11) is 2.09. The average Bonchev–Trinajstić information content (AvgIpc) is 2.13. The predicted octanol–water partition coefficient (Wildman–Crippen LogP) is 3.44. The molecule has 16 heavy (non-hydrogen) atoms. The average molecular weight is 229 g/mol. The molecule has 0 heterocycles. The van der Waals surface area contributed by atoms with Gasteiger partial charge in [-0.15, -0.1) is 0 Å². The maximum absolute atomic E-state index is 9.65. The molecule has 0 aliphatic heterocycles. The van der Waals surface area contributed by atoms with Crippen molar-refractivity contribution in [2.45, 2.75) is 71.3 Å². The normalized spacial score (nSPS) is 12.4. The smallest absolute Gasteiger partial charge is 0.0718 e. The Balaban J connectivity index is 3.25. The molecule has 98 valence electrons. The van der Waals surface area contributed by atoms with Gasteiger partial charge in [-0.25, -0.2) is 0 Å². The lowest BCUT2D eigenvalue weighted by molar-refractivity contribution is 0.0442. The van der Waals surface area contributed by atoms with Crippen LogP contribution in [0, 0.1) is 0 Å². The second-order valence-electron chi connectivity index (χ2n) is 5.67. The molecule has 0 spiro atoms. The standard InChI is InChI=1S/C14H31NO/c1-5-6-7-8-9-10-11-12-15(4)13-14(2,3)16/h16H,5-13H2,1-4H3. The van der Waals surface area contributed by atoms with Crippen LogP contribution in [0.3, 0.4) is 0 Å². The highest BCUT2D eigenvalue weighted by Gasteiger charge is 2.14. The van der Waals surface area contributed by atoms with Crippen LogP contribution < -0.4 is 0 Å². The molecule has 0 rings (SSSR count). The van der Waals surface area contributed by atoms with E-state index in [0.717, 1.165) is 13.1 Å². The lowest BCUT2D eigenvalue weighted by Gasteiger charge is -2.25. The minimum Gasteiger partial charge on any atom is -0.389 e. The zero-order chi connectivity index (χ0) is 12.4. The first-order chi connectivity index (χ1) is 7.45. The second-order valence-corrected chi connectivity index (χ2v) is 5.67. The van der Waals surface area contributed by atoms with Crippen LogP contribution in [-0.2, 0) is 0 Å². The van der Waals surface area contributed by atoms with Gasteiger partial charge in [-0.1, -0.05) is 45.4 Å². The molecule has 2 nitrogen and oxygen atoms in total. The molecule has 0 aromatic rings. The summed E-state index contributed by atoms with van der Waals surface area (Å²) in [6.07, 6.45) is 9.47. The third kappa shape index (κ3) is 12.0. The molecule has 0 atom stereocenters. The molecule has 0 saturated carbocycles. The van der Waals surface area contributed by atoms with Crippen molar-refractivity contribution >= 4 is 0 Å². The molecule has 1 N–H and O–H groups in total. The largest absolute Gasteiger partial charge is 0.389 e. The van der Waals surface area contributed by atoms with E-state index in [9.17, 15) is 5.11 Å². The summed E-state index contributed by atoms with van der Waals surface area (Å²) in [5.41, 5.74) is -0.560. The fourth-order valence-electron chi connectivity index (χ4n) is 2.08. The molecule has 0 saturated heterocycles. The minimum absolute atomic E-state index is 0.560. The van der Waals surface area contributed by atoms with Crippen molar-refractivity contribution in [2.75, 3.05) is 20.1 Å². The summed E-state index contributed by atoms with van der Waals surface area (Å²) in [6, 6.07) is 0. The number of nitrogens with zero attached hydrogens (tertiary/aromatic N) is 1. The Morgan fingerprint density at radius 3 is 1.94 bits per heavy atom. The van der Waals surface area contributed by atoms with Crippen molar-refractivity contribution in [3.8, 4) is 0 Å². The number of likely N-dealkylation sites (N-methyl/N-ethyl adjacent to an activating group) is 1. The third-order valence-electron chi connectivity index (χ3n) is 2.80. The molecular formula is C14H31NO. The van der Waals surface area contributed by atoms with Crippen molar-refractivity contribution in [3.05, 3.63) is 0 Å². The van der Waals surface area contributed by atoms with E-state index in [4.69, 9.17) is 0 Å². The summed E-state index contributed by atoms with van der Waals surface area (Å²) < 4.78 is 0. The second kappa shape index (κ2) is 9.00. The highest BCUT2D eigenvalue weighted by Crippen LogP contribution is 2.08. The fourth-order valence-corrected chi connectivity index (χ4v) is 2.08. The van der Waals surface area contributed by atoms with E-state index in [0.29, 0.717) is 0 Å². The number of aliphatic hydroxyl groups is 1. The zero-order valence-electron chi connectivity index (χ0n) is 11.8. The first-order valence-corrected chi connectivity index (χ1v) is 6.86. The molecule has 0 aromatic heterocycles. The van der Waals surface area contributed by atoms with Gasteiger partial charge in [0.1, 0.15) is 0 Å². The minimum atomic E-state index is -0.560. The number of rotatable bonds is 10. The van der Waals surface area contributed by atoms with E-state index in [1.54, 1.807) is 0 Å². The van der Waals surface area contributed by atoms with Gasteiger partial charge in [0.05, 0.1) is 5.60 Å². The Bertz CT molecular complexity index is 151. The van der Waals surface area contributed by atoms with Gasteiger partial charge >= 0.3 is 0 Å². The number of unbranched alkanes of at least 4 members (excludes halogenated alkanes) is 6. The van der Waals surface area contributed by atoms with Crippen molar-refractivity contribution in [1.29, 1.82) is 0 Å². The molecule has 0 aromatic carbocycles. The van der Waals surface area contributed by atoms with Gasteiger partial charge in [0.15, 0.2) is 0 Å². The SMILES string of the molecule is CCCCCCCCCN(C)CC(C)(C)O. The van der Waals surface area contributed by atoms with Gasteiger partial charge in [-0.2, -0.15) is 0 Å². The topological polar surface area (TPSA) is 23.5 Å². The molecule has 0 aliphatic rings.